The Morgan fingerprint density at radius 3 is 2.52 bits per heavy atom. The van der Waals surface area contributed by atoms with Gasteiger partial charge in [-0.25, -0.2) is 4.79 Å². The number of nitrogens with one attached hydrogen (secondary N) is 2. The predicted octanol–water partition coefficient (Wildman–Crippen LogP) is 4.42. The molecule has 0 aliphatic carbocycles. The molecule has 2 aromatic rings. The number of urea groups is 1. The number of hydrogen-bond acceptors (Lipinski definition) is 2. The number of halogens is 1. The molecule has 2 aromatic carbocycles. The number of aryl methyl sites for hydroxylation is 1. The second-order valence-corrected chi connectivity index (χ2v) is 5.93. The first-order valence-electron chi connectivity index (χ1n) is 6.65. The van der Waals surface area contributed by atoms with Gasteiger partial charge in [-0.1, -0.05) is 28.1 Å². The molecule has 0 aromatic heterocycles. The van der Waals surface area contributed by atoms with Crippen LogP contribution in [0.4, 0.5) is 16.2 Å². The maximum absolute atomic E-state index is 12.0. The second-order valence-electron chi connectivity index (χ2n) is 5.01. The van der Waals surface area contributed by atoms with Crippen LogP contribution in [0.5, 0.6) is 0 Å². The van der Waals surface area contributed by atoms with Crippen molar-refractivity contribution in [3.63, 3.8) is 0 Å². The van der Waals surface area contributed by atoms with Gasteiger partial charge in [0.2, 0.25) is 0 Å². The van der Waals surface area contributed by atoms with Crippen LogP contribution in [0, 0.1) is 6.92 Å². The van der Waals surface area contributed by atoms with Crippen LogP contribution in [0.15, 0.2) is 46.9 Å². The van der Waals surface area contributed by atoms with Gasteiger partial charge in [0.1, 0.15) is 0 Å². The van der Waals surface area contributed by atoms with Gasteiger partial charge in [-0.05, 0) is 55.3 Å². The second kappa shape index (κ2) is 6.74. The highest BCUT2D eigenvalue weighted by Gasteiger charge is 2.06. The highest BCUT2D eigenvalue weighted by Crippen LogP contribution is 2.20. The number of nitrogens with two attached hydrogens (primary N) is 1. The molecule has 21 heavy (non-hydrogen) atoms. The van der Waals surface area contributed by atoms with Gasteiger partial charge in [-0.15, -0.1) is 0 Å². The van der Waals surface area contributed by atoms with Gasteiger partial charge < -0.3 is 16.4 Å². The number of carbonyl (C=O) groups is 1. The van der Waals surface area contributed by atoms with Gasteiger partial charge in [-0.2, -0.15) is 0 Å². The van der Waals surface area contributed by atoms with E-state index in [9.17, 15) is 4.79 Å². The molecule has 110 valence electrons. The molecule has 1 atom stereocenters. The maximum atomic E-state index is 12.0. The molecule has 4 nitrogen and oxygen atoms in total. The maximum Gasteiger partial charge on any atom is 0.323 e. The molecule has 0 aliphatic heterocycles. The Balaban J connectivity index is 2.06. The Kier molecular flexibility index (Phi) is 4.98. The number of rotatable bonds is 3. The third kappa shape index (κ3) is 4.58. The predicted molar refractivity (Wildman–Crippen MR) is 90.6 cm³/mol. The Hall–Kier alpha value is -1.85. The Labute approximate surface area is 132 Å². The van der Waals surface area contributed by atoms with E-state index < -0.39 is 0 Å². The van der Waals surface area contributed by atoms with Gasteiger partial charge in [0.15, 0.2) is 0 Å². The van der Waals surface area contributed by atoms with Crippen molar-refractivity contribution < 1.29 is 4.79 Å². The van der Waals surface area contributed by atoms with E-state index in [0.29, 0.717) is 5.69 Å². The van der Waals surface area contributed by atoms with E-state index in [-0.39, 0.29) is 12.1 Å². The fraction of sp³-hybridized carbons (Fsp3) is 0.188. The van der Waals surface area contributed by atoms with Crippen molar-refractivity contribution in [1.29, 1.82) is 0 Å². The molecular formula is C16H18BrN3O. The number of carbonyl (C=O) groups excluding carboxylic acids is 1. The molecular weight excluding hydrogens is 330 g/mol. The van der Waals surface area contributed by atoms with Crippen LogP contribution in [0.1, 0.15) is 24.1 Å². The molecule has 0 fully saturated rings. The molecule has 4 N–H and O–H groups in total. The number of anilines is 2. The first-order chi connectivity index (χ1) is 9.94. The number of hydrogen-bond donors (Lipinski definition) is 3. The summed E-state index contributed by atoms with van der Waals surface area (Å²) in [5.41, 5.74) is 9.34. The van der Waals surface area contributed by atoms with Crippen molar-refractivity contribution in [2.75, 3.05) is 10.6 Å². The molecule has 1 unspecified atom stereocenters. The van der Waals surface area contributed by atoms with E-state index >= 15 is 0 Å². The van der Waals surface area contributed by atoms with Crippen LogP contribution in [0.25, 0.3) is 0 Å². The van der Waals surface area contributed by atoms with Crippen LogP contribution in [-0.2, 0) is 0 Å². The van der Waals surface area contributed by atoms with Gasteiger partial charge in [0, 0.05) is 21.9 Å². The minimum atomic E-state index is -0.283. The zero-order valence-corrected chi connectivity index (χ0v) is 13.6. The molecule has 0 spiro atoms. The third-order valence-electron chi connectivity index (χ3n) is 2.97. The Morgan fingerprint density at radius 1 is 1.14 bits per heavy atom. The molecule has 0 saturated heterocycles. The summed E-state index contributed by atoms with van der Waals surface area (Å²) in [5, 5.41) is 5.61. The van der Waals surface area contributed by atoms with E-state index in [2.05, 4.69) is 26.6 Å². The first-order valence-corrected chi connectivity index (χ1v) is 7.44. The molecule has 2 amide bonds. The van der Waals surface area contributed by atoms with Crippen LogP contribution in [0.2, 0.25) is 0 Å². The van der Waals surface area contributed by atoms with Crippen molar-refractivity contribution >= 4 is 33.3 Å². The van der Waals surface area contributed by atoms with E-state index in [1.165, 1.54) is 0 Å². The lowest BCUT2D eigenvalue weighted by molar-refractivity contribution is 0.262. The third-order valence-corrected chi connectivity index (χ3v) is 3.43. The van der Waals surface area contributed by atoms with Gasteiger partial charge in [-0.3, -0.25) is 0 Å². The summed E-state index contributed by atoms with van der Waals surface area (Å²) in [6, 6.07) is 12.9. The van der Waals surface area contributed by atoms with Crippen LogP contribution < -0.4 is 16.4 Å². The van der Waals surface area contributed by atoms with Crippen LogP contribution >= 0.6 is 15.9 Å². The summed E-state index contributed by atoms with van der Waals surface area (Å²) in [6.45, 7) is 3.88. The average Bonchev–Trinajstić information content (AvgIpc) is 2.37. The van der Waals surface area contributed by atoms with Crippen molar-refractivity contribution in [3.8, 4) is 0 Å². The van der Waals surface area contributed by atoms with E-state index in [1.807, 2.05) is 56.3 Å². The lowest BCUT2D eigenvalue weighted by Crippen LogP contribution is -2.19. The Morgan fingerprint density at radius 2 is 1.86 bits per heavy atom. The van der Waals surface area contributed by atoms with Gasteiger partial charge in [0.25, 0.3) is 0 Å². The fourth-order valence-corrected chi connectivity index (χ4v) is 2.61. The SMILES string of the molecule is Cc1cc(Br)cc(NC(=O)Nc2cccc(C(C)N)c2)c1. The molecule has 0 aliphatic rings. The van der Waals surface area contributed by atoms with Crippen molar-refractivity contribution in [2.45, 2.75) is 19.9 Å². The topological polar surface area (TPSA) is 67.2 Å². The summed E-state index contributed by atoms with van der Waals surface area (Å²) in [5.74, 6) is 0. The monoisotopic (exact) mass is 347 g/mol. The smallest absolute Gasteiger partial charge is 0.323 e. The normalized spacial score (nSPS) is 11.8. The van der Waals surface area contributed by atoms with Gasteiger partial charge >= 0.3 is 6.03 Å². The zero-order chi connectivity index (χ0) is 15.4. The largest absolute Gasteiger partial charge is 0.324 e. The van der Waals surface area contributed by atoms with Crippen molar-refractivity contribution in [3.05, 3.63) is 58.1 Å². The van der Waals surface area contributed by atoms with Crippen molar-refractivity contribution in [2.24, 2.45) is 5.73 Å². The minimum absolute atomic E-state index is 0.0671. The highest BCUT2D eigenvalue weighted by atomic mass is 79.9. The fourth-order valence-electron chi connectivity index (χ4n) is 2.00. The standard InChI is InChI=1S/C16H18BrN3O/c1-10-6-13(17)9-15(7-10)20-16(21)19-14-5-3-4-12(8-14)11(2)18/h3-9,11H,18H2,1-2H3,(H2,19,20,21). The van der Waals surface area contributed by atoms with Crippen LogP contribution in [0.3, 0.4) is 0 Å². The molecule has 2 rings (SSSR count). The van der Waals surface area contributed by atoms with Gasteiger partial charge in [0.05, 0.1) is 0 Å². The van der Waals surface area contributed by atoms with E-state index in [0.717, 1.165) is 21.3 Å². The zero-order valence-electron chi connectivity index (χ0n) is 12.0. The lowest BCUT2D eigenvalue weighted by Gasteiger charge is -2.11. The highest BCUT2D eigenvalue weighted by molar-refractivity contribution is 9.10. The molecule has 5 heteroatoms. The van der Waals surface area contributed by atoms with E-state index in [1.54, 1.807) is 0 Å². The molecule has 0 heterocycles. The summed E-state index contributed by atoms with van der Waals surface area (Å²) in [4.78, 5) is 12.0. The number of benzene rings is 2. The average molecular weight is 348 g/mol. The summed E-state index contributed by atoms with van der Waals surface area (Å²) in [6.07, 6.45) is 0. The van der Waals surface area contributed by atoms with E-state index in [4.69, 9.17) is 5.73 Å². The summed E-state index contributed by atoms with van der Waals surface area (Å²) >= 11 is 3.41. The summed E-state index contributed by atoms with van der Waals surface area (Å²) < 4.78 is 0.928. The Bertz CT molecular complexity index is 635. The molecule has 0 bridgehead atoms. The first kappa shape index (κ1) is 15.5. The van der Waals surface area contributed by atoms with Crippen LogP contribution in [-0.4, -0.2) is 6.03 Å². The van der Waals surface area contributed by atoms with Crippen molar-refractivity contribution in [1.82, 2.24) is 0 Å². The number of amides is 2. The quantitative estimate of drug-likeness (QED) is 0.769. The molecule has 0 radical (unpaired) electrons. The molecule has 0 saturated carbocycles. The minimum Gasteiger partial charge on any atom is -0.324 e. The lowest BCUT2D eigenvalue weighted by atomic mass is 10.1. The summed E-state index contributed by atoms with van der Waals surface area (Å²) in [7, 11) is 0.